The van der Waals surface area contributed by atoms with Crippen LogP contribution in [0.2, 0.25) is 0 Å². The van der Waals surface area contributed by atoms with Crippen molar-refractivity contribution >= 4 is 22.8 Å². The fourth-order valence-electron chi connectivity index (χ4n) is 6.36. The Morgan fingerprint density at radius 3 is 2.20 bits per heavy atom. The minimum absolute atomic E-state index is 0.0331. The molecule has 0 aliphatic rings. The van der Waals surface area contributed by atoms with Crippen LogP contribution in [-0.4, -0.2) is 65.5 Å². The third-order valence-corrected chi connectivity index (χ3v) is 9.59. The molecule has 0 atom stereocenters. The van der Waals surface area contributed by atoms with Crippen LogP contribution in [-0.2, 0) is 29.0 Å². The fraction of sp³-hybridized carbons (Fsp3) is 0.224. The van der Waals surface area contributed by atoms with Crippen molar-refractivity contribution in [3.63, 3.8) is 0 Å². The number of hydrogen-bond acceptors (Lipinski definition) is 11. The van der Waals surface area contributed by atoms with Crippen molar-refractivity contribution in [2.75, 3.05) is 39.6 Å². The average molecular weight is 822 g/mol. The van der Waals surface area contributed by atoms with Crippen LogP contribution in [0, 0.1) is 0 Å². The number of benzene rings is 5. The molecule has 0 radical (unpaired) electrons. The van der Waals surface area contributed by atoms with Crippen LogP contribution in [0.25, 0.3) is 28.4 Å². The summed E-state index contributed by atoms with van der Waals surface area (Å²) in [5, 5.41) is 18.8. The van der Waals surface area contributed by atoms with Gasteiger partial charge in [-0.2, -0.15) is 0 Å². The van der Waals surface area contributed by atoms with Gasteiger partial charge in [-0.15, -0.1) is 5.10 Å². The van der Waals surface area contributed by atoms with Crippen molar-refractivity contribution in [3.8, 4) is 34.3 Å². The predicted octanol–water partition coefficient (Wildman–Crippen LogP) is 8.75. The Labute approximate surface area is 353 Å². The molecule has 2 heterocycles. The van der Waals surface area contributed by atoms with Gasteiger partial charge in [0.05, 0.1) is 56.2 Å². The third-order valence-electron chi connectivity index (χ3n) is 9.59. The third kappa shape index (κ3) is 12.3. The number of allylic oxidation sites excluding steroid dienone is 1. The Bertz CT molecular complexity index is 2550. The Morgan fingerprint density at radius 2 is 1.39 bits per heavy atom. The maximum absolute atomic E-state index is 13.4. The number of para-hydroxylation sites is 2. The van der Waals surface area contributed by atoms with Crippen molar-refractivity contribution in [3.05, 3.63) is 172 Å². The van der Waals surface area contributed by atoms with Crippen molar-refractivity contribution in [1.82, 2.24) is 15.0 Å². The molecule has 0 amide bonds. The van der Waals surface area contributed by atoms with Crippen LogP contribution >= 0.6 is 0 Å². The van der Waals surface area contributed by atoms with E-state index in [1.807, 2.05) is 91.1 Å². The summed E-state index contributed by atoms with van der Waals surface area (Å²) in [7, 11) is 0. The minimum Gasteiger partial charge on any atom is -0.507 e. The van der Waals surface area contributed by atoms with Crippen LogP contribution < -0.4 is 19.6 Å². The number of nitrogens with zero attached hydrogens (tertiary/aromatic N) is 3. The number of unbranched alkanes of at least 4 members (excludes halogenated alkanes) is 1. The minimum atomic E-state index is -0.257. The summed E-state index contributed by atoms with van der Waals surface area (Å²) < 4.78 is 37.2. The van der Waals surface area contributed by atoms with Crippen molar-refractivity contribution in [2.24, 2.45) is 0 Å². The van der Waals surface area contributed by atoms with Gasteiger partial charge in [-0.1, -0.05) is 78.0 Å². The smallest absolute Gasteiger partial charge is 0.235 e. The van der Waals surface area contributed by atoms with Gasteiger partial charge in [-0.25, -0.2) is 4.68 Å². The number of aromatic nitrogens is 3. The zero-order chi connectivity index (χ0) is 42.1. The van der Waals surface area contributed by atoms with Gasteiger partial charge in [0.15, 0.2) is 11.5 Å². The first kappa shape index (κ1) is 42.1. The topological polar surface area (TPSA) is 144 Å². The summed E-state index contributed by atoms with van der Waals surface area (Å²) in [5.41, 5.74) is 3.97. The van der Waals surface area contributed by atoms with Gasteiger partial charge in [0, 0.05) is 11.8 Å². The second-order valence-electron chi connectivity index (χ2n) is 14.0. The summed E-state index contributed by atoms with van der Waals surface area (Å²) in [5.74, 6) is 1.66. The Morgan fingerprint density at radius 1 is 0.705 bits per heavy atom. The molecular formula is C49H47N3O9. The molecule has 1 N–H and O–H groups in total. The number of fused-ring (bicyclic) bond motifs is 1. The van der Waals surface area contributed by atoms with Crippen LogP contribution in [0.15, 0.2) is 149 Å². The summed E-state index contributed by atoms with van der Waals surface area (Å²) >= 11 is 0. The Kier molecular flexibility index (Phi) is 15.1. The molecule has 0 spiro atoms. The van der Waals surface area contributed by atoms with Gasteiger partial charge in [0.2, 0.25) is 11.2 Å². The summed E-state index contributed by atoms with van der Waals surface area (Å²) in [4.78, 5) is 25.8. The number of carbonyl (C=O) groups is 1. The van der Waals surface area contributed by atoms with E-state index in [9.17, 15) is 14.7 Å². The molecule has 0 aliphatic carbocycles. The zero-order valence-electron chi connectivity index (χ0n) is 33.7. The van der Waals surface area contributed by atoms with E-state index in [-0.39, 0.29) is 34.9 Å². The average Bonchev–Trinajstić information content (AvgIpc) is 3.75. The lowest BCUT2D eigenvalue weighted by atomic mass is 10.1. The molecule has 0 saturated carbocycles. The molecule has 12 nitrogen and oxygen atoms in total. The van der Waals surface area contributed by atoms with E-state index >= 15 is 0 Å². The molecule has 12 heteroatoms. The molecule has 7 rings (SSSR count). The van der Waals surface area contributed by atoms with Crippen molar-refractivity contribution < 1.29 is 38.0 Å². The largest absolute Gasteiger partial charge is 0.507 e. The number of rotatable bonds is 23. The maximum atomic E-state index is 13.4. The van der Waals surface area contributed by atoms with E-state index in [0.717, 1.165) is 41.8 Å². The molecule has 0 fully saturated rings. The van der Waals surface area contributed by atoms with Crippen LogP contribution in [0.3, 0.4) is 0 Å². The van der Waals surface area contributed by atoms with Gasteiger partial charge < -0.3 is 33.2 Å². The highest BCUT2D eigenvalue weighted by Crippen LogP contribution is 2.32. The maximum Gasteiger partial charge on any atom is 0.235 e. The van der Waals surface area contributed by atoms with E-state index in [2.05, 4.69) is 10.3 Å². The number of phenols is 1. The monoisotopic (exact) mass is 821 g/mol. The molecular weight excluding hydrogens is 775 g/mol. The number of ketones is 1. The Balaban J connectivity index is 0.739. The van der Waals surface area contributed by atoms with Gasteiger partial charge in [-0.3, -0.25) is 9.59 Å². The first-order valence-electron chi connectivity index (χ1n) is 20.2. The molecule has 61 heavy (non-hydrogen) atoms. The SMILES string of the molecule is O=C(/C=C/c1ccc(OCCCCc2cn(CCOCCOCCOc3ccc(-c4oc5ccccc5c(=O)c4OCc4ccccc4)cc3)nn2)cc1)c1ccccc1O. The first-order valence-corrected chi connectivity index (χ1v) is 20.2. The molecule has 2 aromatic heterocycles. The quantitative estimate of drug-likeness (QED) is 0.0376. The van der Waals surface area contributed by atoms with E-state index in [4.69, 9.17) is 28.1 Å². The fourth-order valence-corrected chi connectivity index (χ4v) is 6.36. The van der Waals surface area contributed by atoms with E-state index in [0.29, 0.717) is 74.2 Å². The van der Waals surface area contributed by atoms with Crippen molar-refractivity contribution in [2.45, 2.75) is 32.4 Å². The molecule has 0 bridgehead atoms. The first-order chi connectivity index (χ1) is 30.0. The second kappa shape index (κ2) is 21.8. The highest BCUT2D eigenvalue weighted by atomic mass is 16.5. The standard InChI is InChI=1S/C49H47N3O9/c53-44-15-6-4-13-42(44)45(54)26-19-36-17-22-40(23-18-36)58-28-9-8-12-39-34-52(51-50-39)27-29-56-30-31-57-32-33-59-41-24-20-38(21-25-41)48-49(60-35-37-10-2-1-3-11-37)47(55)43-14-5-7-16-46(43)61-48/h1-7,10-11,13-26,34,53H,8-9,12,27-33,35H2/b26-19+. The molecule has 0 unspecified atom stereocenters. The number of aromatic hydroxyl groups is 1. The van der Waals surface area contributed by atoms with Gasteiger partial charge >= 0.3 is 0 Å². The number of aryl methyl sites for hydroxylation is 1. The number of hydrogen-bond donors (Lipinski definition) is 1. The lowest BCUT2D eigenvalue weighted by molar-refractivity contribution is 0.0333. The summed E-state index contributed by atoms with van der Waals surface area (Å²) in [6.45, 7) is 3.53. The molecule has 5 aromatic carbocycles. The summed E-state index contributed by atoms with van der Waals surface area (Å²) in [6, 6.07) is 38.2. The van der Waals surface area contributed by atoms with Crippen LogP contribution in [0.5, 0.6) is 23.0 Å². The highest BCUT2D eigenvalue weighted by Gasteiger charge is 2.18. The zero-order valence-corrected chi connectivity index (χ0v) is 33.7. The van der Waals surface area contributed by atoms with Crippen molar-refractivity contribution in [1.29, 1.82) is 0 Å². The second-order valence-corrected chi connectivity index (χ2v) is 14.0. The highest BCUT2D eigenvalue weighted by molar-refractivity contribution is 6.08. The lowest BCUT2D eigenvalue weighted by Crippen LogP contribution is -2.13. The lowest BCUT2D eigenvalue weighted by Gasteiger charge is -2.12. The Hall–Kier alpha value is -7.02. The van der Waals surface area contributed by atoms with Crippen LogP contribution in [0.1, 0.15) is 40.0 Å². The van der Waals surface area contributed by atoms with Gasteiger partial charge in [-0.05, 0) is 97.1 Å². The number of ether oxygens (including phenoxy) is 5. The van der Waals surface area contributed by atoms with Gasteiger partial charge in [0.25, 0.3) is 0 Å². The predicted molar refractivity (Wildman–Crippen MR) is 232 cm³/mol. The molecule has 0 saturated heterocycles. The van der Waals surface area contributed by atoms with E-state index < -0.39 is 0 Å². The van der Waals surface area contributed by atoms with E-state index in [1.54, 1.807) is 47.2 Å². The number of carbonyl (C=O) groups excluding carboxylic acids is 1. The molecule has 7 aromatic rings. The normalized spacial score (nSPS) is 11.3. The number of phenolic OH excluding ortho intramolecular Hbond substituents is 1. The summed E-state index contributed by atoms with van der Waals surface area (Å²) in [6.07, 6.45) is 7.68. The van der Waals surface area contributed by atoms with Gasteiger partial charge in [0.1, 0.15) is 36.0 Å². The van der Waals surface area contributed by atoms with E-state index in [1.165, 1.54) is 12.1 Å². The molecule has 0 aliphatic heterocycles. The van der Waals surface area contributed by atoms with Crippen LogP contribution in [0.4, 0.5) is 0 Å². The molecule has 312 valence electrons.